The summed E-state index contributed by atoms with van der Waals surface area (Å²) in [4.78, 5) is 27.6. The molecule has 182 valence electrons. The van der Waals surface area contributed by atoms with E-state index >= 15 is 0 Å². The molecule has 0 spiro atoms. The van der Waals surface area contributed by atoms with E-state index in [4.69, 9.17) is 4.74 Å². The molecule has 0 bridgehead atoms. The lowest BCUT2D eigenvalue weighted by molar-refractivity contribution is -0.136. The SMILES string of the molecule is O=C(NCc1ccccc1)c1ccccc1OCC(=O)N(Cc1ccccc1)C1CCS(=O)(=O)C1. The Labute approximate surface area is 205 Å². The molecule has 3 aromatic carbocycles. The van der Waals surface area contributed by atoms with Gasteiger partial charge in [-0.25, -0.2) is 8.42 Å². The van der Waals surface area contributed by atoms with Crippen LogP contribution in [0.3, 0.4) is 0 Å². The zero-order valence-corrected chi connectivity index (χ0v) is 20.1. The van der Waals surface area contributed by atoms with Crippen LogP contribution in [0.25, 0.3) is 0 Å². The maximum absolute atomic E-state index is 13.2. The Morgan fingerprint density at radius 3 is 2.17 bits per heavy atom. The summed E-state index contributed by atoms with van der Waals surface area (Å²) < 4.78 is 29.9. The Morgan fingerprint density at radius 2 is 1.51 bits per heavy atom. The van der Waals surface area contributed by atoms with Gasteiger partial charge in [0.25, 0.3) is 11.8 Å². The van der Waals surface area contributed by atoms with Crippen molar-refractivity contribution >= 4 is 21.7 Å². The molecule has 1 unspecified atom stereocenters. The highest BCUT2D eigenvalue weighted by molar-refractivity contribution is 7.91. The second-order valence-electron chi connectivity index (χ2n) is 8.52. The van der Waals surface area contributed by atoms with Gasteiger partial charge in [-0.1, -0.05) is 72.8 Å². The summed E-state index contributed by atoms with van der Waals surface area (Å²) in [6.45, 7) is 0.364. The minimum Gasteiger partial charge on any atom is -0.483 e. The topological polar surface area (TPSA) is 92.8 Å². The maximum atomic E-state index is 13.2. The highest BCUT2D eigenvalue weighted by atomic mass is 32.2. The van der Waals surface area contributed by atoms with Crippen molar-refractivity contribution in [3.63, 3.8) is 0 Å². The summed E-state index contributed by atoms with van der Waals surface area (Å²) in [5.41, 5.74) is 2.21. The van der Waals surface area contributed by atoms with E-state index in [2.05, 4.69) is 5.32 Å². The zero-order chi connectivity index (χ0) is 24.7. The third-order valence-electron chi connectivity index (χ3n) is 5.94. The number of carbonyl (C=O) groups is 2. The standard InChI is InChI=1S/C27H28N2O5S/c30-26(29(18-22-11-5-2-6-12-22)23-15-16-35(32,33)20-23)19-34-25-14-8-7-13-24(25)27(31)28-17-21-9-3-1-4-10-21/h1-14,23H,15-20H2,(H,28,31). The molecule has 0 radical (unpaired) electrons. The normalized spacial score (nSPS) is 16.4. The highest BCUT2D eigenvalue weighted by Gasteiger charge is 2.35. The van der Waals surface area contributed by atoms with E-state index < -0.39 is 15.9 Å². The first-order chi connectivity index (χ1) is 16.9. The van der Waals surface area contributed by atoms with Gasteiger partial charge in [0.15, 0.2) is 16.4 Å². The lowest BCUT2D eigenvalue weighted by atomic mass is 10.1. The number of hydrogen-bond donors (Lipinski definition) is 1. The number of ether oxygens (including phenoxy) is 1. The van der Waals surface area contributed by atoms with Gasteiger partial charge in [-0.3, -0.25) is 9.59 Å². The average molecular weight is 493 g/mol. The van der Waals surface area contributed by atoms with Crippen LogP contribution in [0.4, 0.5) is 0 Å². The zero-order valence-electron chi connectivity index (χ0n) is 19.3. The Balaban J connectivity index is 1.44. The molecule has 1 aliphatic heterocycles. The van der Waals surface area contributed by atoms with Crippen LogP contribution in [0, 0.1) is 0 Å². The summed E-state index contributed by atoms with van der Waals surface area (Å²) in [5.74, 6) is -0.313. The lowest BCUT2D eigenvalue weighted by Gasteiger charge is -2.28. The second kappa shape index (κ2) is 11.2. The van der Waals surface area contributed by atoms with Crippen molar-refractivity contribution < 1.29 is 22.7 Å². The van der Waals surface area contributed by atoms with Gasteiger partial charge in [0.2, 0.25) is 0 Å². The van der Waals surface area contributed by atoms with E-state index in [0.717, 1.165) is 11.1 Å². The molecule has 3 aromatic rings. The maximum Gasteiger partial charge on any atom is 0.261 e. The summed E-state index contributed by atoms with van der Waals surface area (Å²) in [6.07, 6.45) is 0.402. The molecule has 35 heavy (non-hydrogen) atoms. The largest absolute Gasteiger partial charge is 0.483 e. The highest BCUT2D eigenvalue weighted by Crippen LogP contribution is 2.22. The van der Waals surface area contributed by atoms with Gasteiger partial charge < -0.3 is 15.0 Å². The van der Waals surface area contributed by atoms with Gasteiger partial charge in [-0.15, -0.1) is 0 Å². The molecule has 1 aliphatic rings. The van der Waals surface area contributed by atoms with Crippen LogP contribution < -0.4 is 10.1 Å². The number of nitrogens with zero attached hydrogens (tertiary/aromatic N) is 1. The summed E-state index contributed by atoms with van der Waals surface area (Å²) in [7, 11) is -3.17. The van der Waals surface area contributed by atoms with Crippen LogP contribution in [0.15, 0.2) is 84.9 Å². The monoisotopic (exact) mass is 492 g/mol. The van der Waals surface area contributed by atoms with Crippen LogP contribution in [0.5, 0.6) is 5.75 Å². The van der Waals surface area contributed by atoms with Gasteiger partial charge in [0.1, 0.15) is 5.75 Å². The van der Waals surface area contributed by atoms with Crippen LogP contribution in [-0.2, 0) is 27.7 Å². The van der Waals surface area contributed by atoms with Crippen LogP contribution >= 0.6 is 0 Å². The fourth-order valence-electron chi connectivity index (χ4n) is 4.10. The number of nitrogens with one attached hydrogen (secondary N) is 1. The minimum atomic E-state index is -3.17. The molecular formula is C27H28N2O5S. The predicted octanol–water partition coefficient (Wildman–Crippen LogP) is 3.21. The Morgan fingerprint density at radius 1 is 0.886 bits per heavy atom. The van der Waals surface area contributed by atoms with Crippen molar-refractivity contribution in [1.29, 1.82) is 0 Å². The Hall–Kier alpha value is -3.65. The molecule has 4 rings (SSSR count). The smallest absolute Gasteiger partial charge is 0.261 e. The molecule has 1 atom stereocenters. The van der Waals surface area contributed by atoms with E-state index in [1.807, 2.05) is 60.7 Å². The molecule has 7 nitrogen and oxygen atoms in total. The summed E-state index contributed by atoms with van der Waals surface area (Å²) in [6, 6.07) is 25.4. The van der Waals surface area contributed by atoms with E-state index in [-0.39, 0.29) is 29.9 Å². The molecule has 0 aromatic heterocycles. The molecule has 0 aliphatic carbocycles. The van der Waals surface area contributed by atoms with Crippen LogP contribution in [-0.4, -0.2) is 49.3 Å². The third kappa shape index (κ3) is 6.70. The van der Waals surface area contributed by atoms with Crippen molar-refractivity contribution in [3.05, 3.63) is 102 Å². The molecule has 1 fully saturated rings. The van der Waals surface area contributed by atoms with Gasteiger partial charge in [-0.2, -0.15) is 0 Å². The first-order valence-corrected chi connectivity index (χ1v) is 13.3. The number of benzene rings is 3. The number of amides is 2. The fraction of sp³-hybridized carbons (Fsp3) is 0.259. The van der Waals surface area contributed by atoms with Crippen LogP contribution in [0.2, 0.25) is 0 Å². The molecular weight excluding hydrogens is 464 g/mol. The molecule has 1 heterocycles. The van der Waals surface area contributed by atoms with E-state index in [1.54, 1.807) is 29.2 Å². The third-order valence-corrected chi connectivity index (χ3v) is 7.69. The average Bonchev–Trinajstić information content (AvgIpc) is 3.25. The fourth-order valence-corrected chi connectivity index (χ4v) is 5.83. The van der Waals surface area contributed by atoms with Gasteiger partial charge in [0.05, 0.1) is 17.1 Å². The van der Waals surface area contributed by atoms with Crippen LogP contribution in [0.1, 0.15) is 27.9 Å². The summed E-state index contributed by atoms with van der Waals surface area (Å²) in [5, 5.41) is 2.87. The van der Waals surface area contributed by atoms with E-state index in [0.29, 0.717) is 30.8 Å². The number of hydrogen-bond acceptors (Lipinski definition) is 5. The number of carbonyl (C=O) groups excluding carboxylic acids is 2. The first kappa shape index (κ1) is 24.5. The molecule has 1 saturated heterocycles. The molecule has 2 amide bonds. The van der Waals surface area contributed by atoms with E-state index in [1.165, 1.54) is 0 Å². The summed E-state index contributed by atoms with van der Waals surface area (Å²) >= 11 is 0. The van der Waals surface area contributed by atoms with Gasteiger partial charge in [0, 0.05) is 19.1 Å². The number of para-hydroxylation sites is 1. The number of rotatable bonds is 9. The van der Waals surface area contributed by atoms with Crippen molar-refractivity contribution in [2.24, 2.45) is 0 Å². The van der Waals surface area contributed by atoms with Crippen molar-refractivity contribution in [3.8, 4) is 5.75 Å². The van der Waals surface area contributed by atoms with E-state index in [9.17, 15) is 18.0 Å². The first-order valence-electron chi connectivity index (χ1n) is 11.5. The minimum absolute atomic E-state index is 0.0515. The molecule has 0 saturated carbocycles. The predicted molar refractivity (Wildman–Crippen MR) is 134 cm³/mol. The Bertz CT molecular complexity index is 1260. The number of sulfone groups is 1. The van der Waals surface area contributed by atoms with Gasteiger partial charge in [-0.05, 0) is 29.7 Å². The Kier molecular flexibility index (Phi) is 7.82. The van der Waals surface area contributed by atoms with Crippen molar-refractivity contribution in [2.45, 2.75) is 25.6 Å². The molecule has 1 N–H and O–H groups in total. The molecule has 8 heteroatoms. The quantitative estimate of drug-likeness (QED) is 0.495. The lowest BCUT2D eigenvalue weighted by Crippen LogP contribution is -2.43. The van der Waals surface area contributed by atoms with Gasteiger partial charge >= 0.3 is 0 Å². The second-order valence-corrected chi connectivity index (χ2v) is 10.7. The van der Waals surface area contributed by atoms with Crippen molar-refractivity contribution in [2.75, 3.05) is 18.1 Å². The van der Waals surface area contributed by atoms with Crippen molar-refractivity contribution in [1.82, 2.24) is 10.2 Å².